The minimum Gasteiger partial charge on any atom is -0.383 e. The van der Waals surface area contributed by atoms with E-state index in [1.807, 2.05) is 30.3 Å². The molecule has 1 unspecified atom stereocenters. The number of aryl methyl sites for hydroxylation is 1. The Labute approximate surface area is 166 Å². The summed E-state index contributed by atoms with van der Waals surface area (Å²) in [6.07, 6.45) is 0. The number of halogens is 2. The topological polar surface area (TPSA) is 66.4 Å². The van der Waals surface area contributed by atoms with Crippen molar-refractivity contribution in [2.24, 2.45) is 0 Å². The van der Waals surface area contributed by atoms with Crippen molar-refractivity contribution in [2.75, 3.05) is 6.54 Å². The highest BCUT2D eigenvalue weighted by Crippen LogP contribution is 2.33. The molecule has 0 amide bonds. The van der Waals surface area contributed by atoms with Gasteiger partial charge in [0.15, 0.2) is 0 Å². The van der Waals surface area contributed by atoms with E-state index in [-0.39, 0.29) is 16.5 Å². The molecule has 8 heteroatoms. The van der Waals surface area contributed by atoms with E-state index in [9.17, 15) is 13.5 Å². The van der Waals surface area contributed by atoms with Gasteiger partial charge in [0, 0.05) is 21.1 Å². The molecule has 0 aliphatic heterocycles. The van der Waals surface area contributed by atoms with E-state index in [2.05, 4.69) is 4.72 Å². The fourth-order valence-corrected chi connectivity index (χ4v) is 5.55. The van der Waals surface area contributed by atoms with Crippen molar-refractivity contribution in [2.45, 2.75) is 24.3 Å². The molecule has 0 radical (unpaired) electrons. The second-order valence-corrected chi connectivity index (χ2v) is 9.91. The lowest BCUT2D eigenvalue weighted by Crippen LogP contribution is -2.38. The quantitative estimate of drug-likeness (QED) is 0.617. The molecule has 0 aliphatic carbocycles. The summed E-state index contributed by atoms with van der Waals surface area (Å²) in [6, 6.07) is 12.4. The third-order valence-corrected chi connectivity index (χ3v) is 7.71. The van der Waals surface area contributed by atoms with E-state index < -0.39 is 15.6 Å². The molecule has 0 bridgehead atoms. The van der Waals surface area contributed by atoms with Crippen molar-refractivity contribution in [3.8, 4) is 0 Å². The van der Waals surface area contributed by atoms with E-state index in [0.717, 1.165) is 10.1 Å². The van der Waals surface area contributed by atoms with Crippen LogP contribution in [-0.2, 0) is 15.6 Å². The average molecular weight is 430 g/mol. The Balaban J connectivity index is 1.85. The SMILES string of the molecule is Cc1cc(S(=O)(=O)NCC(C)(O)c2cc3ccccc3s2)c(Cl)cc1Cl. The van der Waals surface area contributed by atoms with Gasteiger partial charge in [-0.25, -0.2) is 13.1 Å². The van der Waals surface area contributed by atoms with Crippen molar-refractivity contribution in [1.82, 2.24) is 4.72 Å². The lowest BCUT2D eigenvalue weighted by molar-refractivity contribution is 0.0666. The smallest absolute Gasteiger partial charge is 0.242 e. The van der Waals surface area contributed by atoms with Crippen molar-refractivity contribution >= 4 is 54.6 Å². The maximum Gasteiger partial charge on any atom is 0.242 e. The zero-order chi connectivity index (χ0) is 19.1. The normalized spacial score (nSPS) is 14.5. The average Bonchev–Trinajstić information content (AvgIpc) is 3.01. The molecule has 4 nitrogen and oxygen atoms in total. The van der Waals surface area contributed by atoms with Crippen LogP contribution in [0.15, 0.2) is 47.4 Å². The molecular formula is C18H17Cl2NO3S2. The van der Waals surface area contributed by atoms with E-state index in [4.69, 9.17) is 23.2 Å². The molecule has 0 saturated carbocycles. The van der Waals surface area contributed by atoms with Gasteiger partial charge in [0.1, 0.15) is 10.5 Å². The standard InChI is InChI=1S/C18H17Cl2NO3S2/c1-11-7-16(14(20)9-13(11)19)26(23,24)21-10-18(2,22)17-8-12-5-3-4-6-15(12)25-17/h3-9,21-22H,10H2,1-2H3. The number of thiophene rings is 1. The Kier molecular flexibility index (Phi) is 5.36. The Morgan fingerprint density at radius 3 is 2.54 bits per heavy atom. The number of hydrogen-bond donors (Lipinski definition) is 2. The van der Waals surface area contributed by atoms with Crippen LogP contribution in [0, 0.1) is 6.92 Å². The summed E-state index contributed by atoms with van der Waals surface area (Å²) in [5.74, 6) is 0. The maximum atomic E-state index is 12.6. The number of fused-ring (bicyclic) bond motifs is 1. The molecule has 26 heavy (non-hydrogen) atoms. The summed E-state index contributed by atoms with van der Waals surface area (Å²) in [4.78, 5) is 0.619. The molecule has 3 aromatic rings. The van der Waals surface area contributed by atoms with Gasteiger partial charge in [-0.15, -0.1) is 11.3 Å². The summed E-state index contributed by atoms with van der Waals surface area (Å²) in [5.41, 5.74) is -0.752. The summed E-state index contributed by atoms with van der Waals surface area (Å²) >= 11 is 13.4. The predicted molar refractivity (Wildman–Crippen MR) is 108 cm³/mol. The number of nitrogens with one attached hydrogen (secondary N) is 1. The summed E-state index contributed by atoms with van der Waals surface area (Å²) in [6.45, 7) is 3.10. The van der Waals surface area contributed by atoms with Crippen LogP contribution in [-0.4, -0.2) is 20.1 Å². The number of sulfonamides is 1. The summed E-state index contributed by atoms with van der Waals surface area (Å²) in [5, 5.41) is 12.2. The van der Waals surface area contributed by atoms with Crippen molar-refractivity contribution < 1.29 is 13.5 Å². The Morgan fingerprint density at radius 1 is 1.15 bits per heavy atom. The first-order chi connectivity index (χ1) is 12.1. The molecule has 2 aromatic carbocycles. The fraction of sp³-hybridized carbons (Fsp3) is 0.222. The second-order valence-electron chi connectivity index (χ2n) is 6.28. The molecular weight excluding hydrogens is 413 g/mol. The van der Waals surface area contributed by atoms with E-state index in [1.54, 1.807) is 13.8 Å². The molecule has 0 saturated heterocycles. The molecule has 138 valence electrons. The lowest BCUT2D eigenvalue weighted by atomic mass is 10.1. The van der Waals surface area contributed by atoms with E-state index in [0.29, 0.717) is 15.5 Å². The molecule has 2 N–H and O–H groups in total. The van der Waals surface area contributed by atoms with Gasteiger partial charge in [0.25, 0.3) is 0 Å². The predicted octanol–water partition coefficient (Wildman–Crippen LogP) is 4.70. The Bertz CT molecular complexity index is 1040. The molecule has 3 rings (SSSR count). The second kappa shape index (κ2) is 7.11. The van der Waals surface area contributed by atoms with Gasteiger partial charge in [0.05, 0.1) is 5.02 Å². The third kappa shape index (κ3) is 3.91. The third-order valence-electron chi connectivity index (χ3n) is 4.07. The molecule has 0 fully saturated rings. The first-order valence-corrected chi connectivity index (χ1v) is 10.8. The lowest BCUT2D eigenvalue weighted by Gasteiger charge is -2.22. The van der Waals surface area contributed by atoms with Gasteiger partial charge in [0.2, 0.25) is 10.0 Å². The van der Waals surface area contributed by atoms with Gasteiger partial charge in [-0.2, -0.15) is 0 Å². The summed E-state index contributed by atoms with van der Waals surface area (Å²) < 4.78 is 28.7. The number of aliphatic hydroxyl groups is 1. The highest BCUT2D eigenvalue weighted by atomic mass is 35.5. The molecule has 1 atom stereocenters. The van der Waals surface area contributed by atoms with Crippen molar-refractivity contribution in [3.63, 3.8) is 0 Å². The van der Waals surface area contributed by atoms with Gasteiger partial charge in [-0.05, 0) is 49.1 Å². The largest absolute Gasteiger partial charge is 0.383 e. The van der Waals surface area contributed by atoms with Crippen LogP contribution in [0.3, 0.4) is 0 Å². The van der Waals surface area contributed by atoms with Crippen LogP contribution in [0.2, 0.25) is 10.0 Å². The molecule has 0 spiro atoms. The number of benzene rings is 2. The number of hydrogen-bond acceptors (Lipinski definition) is 4. The van der Waals surface area contributed by atoms with Gasteiger partial charge in [-0.1, -0.05) is 41.4 Å². The molecule has 1 heterocycles. The zero-order valence-corrected chi connectivity index (χ0v) is 17.2. The van der Waals surface area contributed by atoms with Crippen LogP contribution in [0.5, 0.6) is 0 Å². The van der Waals surface area contributed by atoms with Crippen LogP contribution in [0.1, 0.15) is 17.4 Å². The molecule has 1 aromatic heterocycles. The van der Waals surface area contributed by atoms with Crippen molar-refractivity contribution in [3.05, 3.63) is 63.0 Å². The minimum absolute atomic E-state index is 0.0367. The van der Waals surface area contributed by atoms with Crippen molar-refractivity contribution in [1.29, 1.82) is 0 Å². The summed E-state index contributed by atoms with van der Waals surface area (Å²) in [7, 11) is -3.90. The Hall–Kier alpha value is -1.15. The molecule has 0 aliphatic rings. The zero-order valence-electron chi connectivity index (χ0n) is 14.1. The van der Waals surface area contributed by atoms with Gasteiger partial charge in [-0.3, -0.25) is 0 Å². The van der Waals surface area contributed by atoms with E-state index >= 15 is 0 Å². The van der Waals surface area contributed by atoms with Crippen LogP contribution >= 0.6 is 34.5 Å². The maximum absolute atomic E-state index is 12.6. The highest BCUT2D eigenvalue weighted by Gasteiger charge is 2.29. The first kappa shape index (κ1) is 19.6. The number of rotatable bonds is 5. The Morgan fingerprint density at radius 2 is 1.85 bits per heavy atom. The van der Waals surface area contributed by atoms with Crippen LogP contribution < -0.4 is 4.72 Å². The highest BCUT2D eigenvalue weighted by molar-refractivity contribution is 7.89. The van der Waals surface area contributed by atoms with Crippen LogP contribution in [0.4, 0.5) is 0 Å². The van der Waals surface area contributed by atoms with Gasteiger partial charge < -0.3 is 5.11 Å². The van der Waals surface area contributed by atoms with Crippen LogP contribution in [0.25, 0.3) is 10.1 Å². The van der Waals surface area contributed by atoms with E-state index in [1.165, 1.54) is 23.5 Å². The minimum atomic E-state index is -3.90. The fourth-order valence-electron chi connectivity index (χ4n) is 2.48. The monoisotopic (exact) mass is 429 g/mol. The van der Waals surface area contributed by atoms with Gasteiger partial charge >= 0.3 is 0 Å². The first-order valence-electron chi connectivity index (χ1n) is 7.77.